The van der Waals surface area contributed by atoms with E-state index in [9.17, 15) is 4.79 Å². The number of carbonyl (C=O) groups excluding carboxylic acids is 1. The molecule has 1 aromatic heterocycles. The van der Waals surface area contributed by atoms with E-state index in [4.69, 9.17) is 26.8 Å². The summed E-state index contributed by atoms with van der Waals surface area (Å²) in [5.74, 6) is 0.551. The van der Waals surface area contributed by atoms with Gasteiger partial charge in [0.05, 0.1) is 24.9 Å². The average molecular weight is 328 g/mol. The number of hydrogen-bond donors (Lipinski definition) is 2. The van der Waals surface area contributed by atoms with E-state index in [-0.39, 0.29) is 5.91 Å². The van der Waals surface area contributed by atoms with Crippen LogP contribution in [-0.4, -0.2) is 25.1 Å². The first-order chi connectivity index (χ1) is 10.1. The van der Waals surface area contributed by atoms with E-state index in [0.29, 0.717) is 39.5 Å². The summed E-state index contributed by atoms with van der Waals surface area (Å²) >= 11 is 7.39. The van der Waals surface area contributed by atoms with Gasteiger partial charge in [-0.2, -0.15) is 0 Å². The maximum Gasteiger partial charge on any atom is 0.275 e. The van der Waals surface area contributed by atoms with Gasteiger partial charge in [0.1, 0.15) is 22.2 Å². The number of benzene rings is 1. The number of amides is 1. The number of halogens is 1. The third-order valence-corrected chi connectivity index (χ3v) is 3.85. The van der Waals surface area contributed by atoms with Crippen molar-refractivity contribution in [3.8, 4) is 11.5 Å². The Kier molecular flexibility index (Phi) is 5.00. The van der Waals surface area contributed by atoms with Crippen molar-refractivity contribution in [2.24, 2.45) is 5.73 Å². The van der Waals surface area contributed by atoms with Crippen LogP contribution in [0, 0.1) is 0 Å². The SMILES string of the molecule is COc1cc(OC)c(NC(=O)c2csc(CN)n2)cc1Cl. The summed E-state index contributed by atoms with van der Waals surface area (Å²) in [5, 5.41) is 5.42. The Morgan fingerprint density at radius 2 is 2.10 bits per heavy atom. The Labute approximate surface area is 130 Å². The van der Waals surface area contributed by atoms with E-state index in [1.807, 2.05) is 0 Å². The molecule has 0 aliphatic carbocycles. The molecule has 0 spiro atoms. The minimum absolute atomic E-state index is 0.300. The molecule has 0 fully saturated rings. The lowest BCUT2D eigenvalue weighted by Gasteiger charge is -2.12. The van der Waals surface area contributed by atoms with Gasteiger partial charge in [0, 0.05) is 18.0 Å². The zero-order valence-electron chi connectivity index (χ0n) is 11.5. The third-order valence-electron chi connectivity index (χ3n) is 2.68. The molecular weight excluding hydrogens is 314 g/mol. The minimum atomic E-state index is -0.356. The number of ether oxygens (including phenoxy) is 2. The van der Waals surface area contributed by atoms with Crippen molar-refractivity contribution in [3.05, 3.63) is 33.2 Å². The van der Waals surface area contributed by atoms with Gasteiger partial charge >= 0.3 is 0 Å². The topological polar surface area (TPSA) is 86.5 Å². The number of aromatic nitrogens is 1. The molecule has 2 rings (SSSR count). The highest BCUT2D eigenvalue weighted by Crippen LogP contribution is 2.36. The number of anilines is 1. The summed E-state index contributed by atoms with van der Waals surface area (Å²) in [4.78, 5) is 16.3. The first kappa shape index (κ1) is 15.6. The van der Waals surface area contributed by atoms with Crippen molar-refractivity contribution in [3.63, 3.8) is 0 Å². The van der Waals surface area contributed by atoms with Gasteiger partial charge in [0.15, 0.2) is 0 Å². The van der Waals surface area contributed by atoms with Gasteiger partial charge in [-0.3, -0.25) is 4.79 Å². The fourth-order valence-corrected chi connectivity index (χ4v) is 2.55. The summed E-state index contributed by atoms with van der Waals surface area (Å²) < 4.78 is 10.3. The number of nitrogens with zero attached hydrogens (tertiary/aromatic N) is 1. The summed E-state index contributed by atoms with van der Waals surface area (Å²) in [6.07, 6.45) is 0. The molecule has 0 saturated heterocycles. The van der Waals surface area contributed by atoms with Crippen LogP contribution in [-0.2, 0) is 6.54 Å². The monoisotopic (exact) mass is 327 g/mol. The molecule has 0 aliphatic heterocycles. The highest BCUT2D eigenvalue weighted by Gasteiger charge is 2.15. The summed E-state index contributed by atoms with van der Waals surface area (Å²) in [6, 6.07) is 3.16. The average Bonchev–Trinajstić information content (AvgIpc) is 2.96. The lowest BCUT2D eigenvalue weighted by atomic mass is 10.2. The van der Waals surface area contributed by atoms with E-state index in [1.54, 1.807) is 17.5 Å². The van der Waals surface area contributed by atoms with E-state index in [2.05, 4.69) is 10.3 Å². The smallest absolute Gasteiger partial charge is 0.275 e. The van der Waals surface area contributed by atoms with Crippen molar-refractivity contribution in [2.75, 3.05) is 19.5 Å². The molecule has 112 valence electrons. The predicted octanol–water partition coefficient (Wildman–Crippen LogP) is 2.52. The van der Waals surface area contributed by atoms with Crippen molar-refractivity contribution in [2.45, 2.75) is 6.54 Å². The van der Waals surface area contributed by atoms with E-state index >= 15 is 0 Å². The van der Waals surface area contributed by atoms with Gasteiger partial charge < -0.3 is 20.5 Å². The number of rotatable bonds is 5. The summed E-state index contributed by atoms with van der Waals surface area (Å²) in [5.41, 5.74) is 6.22. The first-order valence-corrected chi connectivity index (χ1v) is 7.22. The first-order valence-electron chi connectivity index (χ1n) is 5.96. The molecule has 3 N–H and O–H groups in total. The number of hydrogen-bond acceptors (Lipinski definition) is 6. The van der Waals surface area contributed by atoms with Gasteiger partial charge in [-0.05, 0) is 6.07 Å². The number of nitrogens with one attached hydrogen (secondary N) is 1. The Bertz CT molecular complexity index is 660. The number of methoxy groups -OCH3 is 2. The molecule has 0 aliphatic rings. The molecule has 1 amide bonds. The second-order valence-corrected chi connectivity index (χ2v) is 5.32. The second kappa shape index (κ2) is 6.75. The van der Waals surface area contributed by atoms with Gasteiger partial charge in [-0.1, -0.05) is 11.6 Å². The van der Waals surface area contributed by atoms with Crippen LogP contribution < -0.4 is 20.5 Å². The molecule has 0 atom stereocenters. The third kappa shape index (κ3) is 3.44. The number of nitrogens with two attached hydrogens (primary N) is 1. The van der Waals surface area contributed by atoms with Crippen LogP contribution in [0.25, 0.3) is 0 Å². The maximum absolute atomic E-state index is 12.1. The second-order valence-electron chi connectivity index (χ2n) is 3.97. The van der Waals surface area contributed by atoms with Crippen LogP contribution in [0.4, 0.5) is 5.69 Å². The van der Waals surface area contributed by atoms with E-state index in [1.165, 1.54) is 25.6 Å². The van der Waals surface area contributed by atoms with Crippen molar-refractivity contribution >= 4 is 34.5 Å². The fraction of sp³-hybridized carbons (Fsp3) is 0.231. The van der Waals surface area contributed by atoms with Crippen molar-refractivity contribution in [1.29, 1.82) is 0 Å². The Hall–Kier alpha value is -1.83. The largest absolute Gasteiger partial charge is 0.495 e. The van der Waals surface area contributed by atoms with Crippen LogP contribution in [0.3, 0.4) is 0 Å². The lowest BCUT2D eigenvalue weighted by Crippen LogP contribution is -2.13. The molecule has 0 unspecified atom stereocenters. The molecule has 1 heterocycles. The van der Waals surface area contributed by atoms with Gasteiger partial charge in [0.25, 0.3) is 5.91 Å². The lowest BCUT2D eigenvalue weighted by molar-refractivity contribution is 0.102. The molecule has 2 aromatic rings. The van der Waals surface area contributed by atoms with Crippen molar-refractivity contribution in [1.82, 2.24) is 4.98 Å². The number of thiazole rings is 1. The van der Waals surface area contributed by atoms with Crippen LogP contribution in [0.5, 0.6) is 11.5 Å². The predicted molar refractivity (Wildman–Crippen MR) is 82.5 cm³/mol. The van der Waals surface area contributed by atoms with E-state index < -0.39 is 0 Å². The standard InChI is InChI=1S/C13H14ClN3O3S/c1-19-10-4-11(20-2)8(3-7(10)14)17-13(18)9-6-21-12(5-15)16-9/h3-4,6H,5,15H2,1-2H3,(H,17,18). The molecule has 0 saturated carbocycles. The van der Waals surface area contributed by atoms with Crippen LogP contribution in [0.2, 0.25) is 5.02 Å². The molecule has 6 nitrogen and oxygen atoms in total. The van der Waals surface area contributed by atoms with Crippen LogP contribution in [0.15, 0.2) is 17.5 Å². The zero-order valence-corrected chi connectivity index (χ0v) is 13.0. The highest BCUT2D eigenvalue weighted by atomic mass is 35.5. The molecular formula is C13H14ClN3O3S. The summed E-state index contributed by atoms with van der Waals surface area (Å²) in [7, 11) is 3.00. The van der Waals surface area contributed by atoms with E-state index in [0.717, 1.165) is 0 Å². The Morgan fingerprint density at radius 3 is 2.67 bits per heavy atom. The normalized spacial score (nSPS) is 10.3. The molecule has 8 heteroatoms. The Morgan fingerprint density at radius 1 is 1.38 bits per heavy atom. The minimum Gasteiger partial charge on any atom is -0.495 e. The zero-order chi connectivity index (χ0) is 15.4. The quantitative estimate of drug-likeness (QED) is 0.881. The summed E-state index contributed by atoms with van der Waals surface area (Å²) in [6.45, 7) is 0.301. The molecule has 0 bridgehead atoms. The number of carbonyl (C=O) groups is 1. The molecule has 21 heavy (non-hydrogen) atoms. The van der Waals surface area contributed by atoms with Crippen LogP contribution >= 0.6 is 22.9 Å². The Balaban J connectivity index is 2.26. The molecule has 0 radical (unpaired) electrons. The van der Waals surface area contributed by atoms with Gasteiger partial charge in [0.2, 0.25) is 0 Å². The van der Waals surface area contributed by atoms with Crippen molar-refractivity contribution < 1.29 is 14.3 Å². The maximum atomic E-state index is 12.1. The van der Waals surface area contributed by atoms with Crippen LogP contribution in [0.1, 0.15) is 15.5 Å². The van der Waals surface area contributed by atoms with Gasteiger partial charge in [-0.25, -0.2) is 4.98 Å². The van der Waals surface area contributed by atoms with Gasteiger partial charge in [-0.15, -0.1) is 11.3 Å². The molecule has 1 aromatic carbocycles. The fourth-order valence-electron chi connectivity index (χ4n) is 1.65. The highest BCUT2D eigenvalue weighted by molar-refractivity contribution is 7.09.